The van der Waals surface area contributed by atoms with Crippen molar-refractivity contribution in [2.45, 2.75) is 64.3 Å². The van der Waals surface area contributed by atoms with Gasteiger partial charge in [0.05, 0.1) is 16.3 Å². The van der Waals surface area contributed by atoms with Gasteiger partial charge in [0, 0.05) is 31.1 Å². The molecule has 2 rings (SSSR count). The molecule has 31 heavy (non-hydrogen) atoms. The Morgan fingerprint density at radius 1 is 1.13 bits per heavy atom. The lowest BCUT2D eigenvalue weighted by Crippen LogP contribution is -2.35. The third-order valence-corrected chi connectivity index (χ3v) is 6.08. The molecular weight excluding hydrogens is 418 g/mol. The Hall–Kier alpha value is -2.72. The van der Waals surface area contributed by atoms with E-state index in [0.29, 0.717) is 18.7 Å². The molecule has 0 spiro atoms. The summed E-state index contributed by atoms with van der Waals surface area (Å²) in [5.41, 5.74) is 3.34. The number of primary sulfonamides is 1. The highest BCUT2D eigenvalue weighted by molar-refractivity contribution is 7.89. The molecule has 0 bridgehead atoms. The molecule has 2 aromatic rings. The van der Waals surface area contributed by atoms with Crippen LogP contribution in [0.25, 0.3) is 5.69 Å². The standard InChI is InChI=1S/C21H31N5O4S/c1-5-14(2)24-21(28)12-13-23-20(27)11-10-19-15(3)25-26(16(19)4)17-6-8-18(9-7-17)31(22,29)30/h6-9,14H,5,10-13H2,1-4H3,(H,23,27)(H,24,28)(H2,22,29,30)/t14-/m0/s1. The number of carbonyl (C=O) groups is 2. The Bertz CT molecular complexity index is 1030. The molecule has 0 saturated carbocycles. The molecule has 0 saturated heterocycles. The molecule has 9 nitrogen and oxygen atoms in total. The quantitative estimate of drug-likeness (QED) is 0.505. The van der Waals surface area contributed by atoms with Crippen molar-refractivity contribution < 1.29 is 18.0 Å². The van der Waals surface area contributed by atoms with Gasteiger partial charge in [0.2, 0.25) is 21.8 Å². The Labute approximate surface area is 183 Å². The Morgan fingerprint density at radius 3 is 2.35 bits per heavy atom. The lowest BCUT2D eigenvalue weighted by molar-refractivity contribution is -0.122. The van der Waals surface area contributed by atoms with Crippen LogP contribution < -0.4 is 15.8 Å². The van der Waals surface area contributed by atoms with E-state index in [9.17, 15) is 18.0 Å². The molecule has 170 valence electrons. The number of rotatable bonds is 10. The predicted octanol–water partition coefficient (Wildman–Crippen LogP) is 1.49. The lowest BCUT2D eigenvalue weighted by Gasteiger charge is -2.11. The minimum Gasteiger partial charge on any atom is -0.356 e. The molecule has 0 fully saturated rings. The first kappa shape index (κ1) is 24.5. The monoisotopic (exact) mass is 449 g/mol. The zero-order valence-corrected chi connectivity index (χ0v) is 19.3. The molecule has 1 atom stereocenters. The number of nitrogens with two attached hydrogens (primary N) is 1. The number of aryl methyl sites for hydroxylation is 1. The maximum absolute atomic E-state index is 12.2. The molecule has 0 unspecified atom stereocenters. The van der Waals surface area contributed by atoms with Crippen LogP contribution in [0.1, 0.15) is 50.1 Å². The van der Waals surface area contributed by atoms with Crippen molar-refractivity contribution in [3.63, 3.8) is 0 Å². The fourth-order valence-electron chi connectivity index (χ4n) is 3.16. The van der Waals surface area contributed by atoms with Gasteiger partial charge in [0.15, 0.2) is 0 Å². The third kappa shape index (κ3) is 6.90. The van der Waals surface area contributed by atoms with Crippen molar-refractivity contribution in [3.8, 4) is 5.69 Å². The van der Waals surface area contributed by atoms with Crippen LogP contribution in [0, 0.1) is 13.8 Å². The first-order valence-corrected chi connectivity index (χ1v) is 11.8. The Balaban J connectivity index is 1.94. The highest BCUT2D eigenvalue weighted by Crippen LogP contribution is 2.20. The smallest absolute Gasteiger partial charge is 0.238 e. The summed E-state index contributed by atoms with van der Waals surface area (Å²) in [4.78, 5) is 24.0. The van der Waals surface area contributed by atoms with Gasteiger partial charge >= 0.3 is 0 Å². The van der Waals surface area contributed by atoms with Gasteiger partial charge in [0.1, 0.15) is 0 Å². The van der Waals surface area contributed by atoms with Gasteiger partial charge in [-0.3, -0.25) is 9.59 Å². The summed E-state index contributed by atoms with van der Waals surface area (Å²) in [6, 6.07) is 6.28. The minimum absolute atomic E-state index is 0.0347. The number of sulfonamides is 1. The van der Waals surface area contributed by atoms with Crippen molar-refractivity contribution in [1.29, 1.82) is 0 Å². The average molecular weight is 450 g/mol. The van der Waals surface area contributed by atoms with Crippen molar-refractivity contribution in [2.75, 3.05) is 6.54 Å². The van der Waals surface area contributed by atoms with Gasteiger partial charge in [-0.25, -0.2) is 18.2 Å². The van der Waals surface area contributed by atoms with Gasteiger partial charge in [-0.2, -0.15) is 5.10 Å². The first-order chi connectivity index (χ1) is 14.5. The van der Waals surface area contributed by atoms with Crippen molar-refractivity contribution in [2.24, 2.45) is 5.14 Å². The number of aromatic nitrogens is 2. The van der Waals surface area contributed by atoms with E-state index in [1.165, 1.54) is 12.1 Å². The van der Waals surface area contributed by atoms with Crippen molar-refractivity contribution >= 4 is 21.8 Å². The number of hydrogen-bond donors (Lipinski definition) is 3. The Kier molecular flexibility index (Phi) is 8.35. The Morgan fingerprint density at radius 2 is 1.77 bits per heavy atom. The molecule has 0 aliphatic rings. The highest BCUT2D eigenvalue weighted by Gasteiger charge is 2.15. The molecule has 0 aliphatic carbocycles. The second-order valence-corrected chi connectivity index (χ2v) is 9.14. The van der Waals surface area contributed by atoms with E-state index in [2.05, 4.69) is 15.7 Å². The van der Waals surface area contributed by atoms with Crippen LogP contribution in [0.5, 0.6) is 0 Å². The van der Waals surface area contributed by atoms with Crippen LogP contribution in [0.3, 0.4) is 0 Å². The molecular formula is C21H31N5O4S. The minimum atomic E-state index is -3.75. The number of carbonyl (C=O) groups excluding carboxylic acids is 2. The normalized spacial score (nSPS) is 12.4. The molecule has 1 heterocycles. The van der Waals surface area contributed by atoms with Crippen molar-refractivity contribution in [3.05, 3.63) is 41.2 Å². The van der Waals surface area contributed by atoms with Crippen LogP contribution in [-0.4, -0.2) is 42.6 Å². The van der Waals surface area contributed by atoms with E-state index < -0.39 is 10.0 Å². The van der Waals surface area contributed by atoms with Gasteiger partial charge in [0.25, 0.3) is 0 Å². The molecule has 0 radical (unpaired) electrons. The maximum Gasteiger partial charge on any atom is 0.238 e. The second-order valence-electron chi connectivity index (χ2n) is 7.58. The summed E-state index contributed by atoms with van der Waals surface area (Å²) < 4.78 is 24.6. The fourth-order valence-corrected chi connectivity index (χ4v) is 3.67. The first-order valence-electron chi connectivity index (χ1n) is 10.3. The van der Waals surface area contributed by atoms with E-state index in [0.717, 1.165) is 23.4 Å². The summed E-state index contributed by atoms with van der Waals surface area (Å²) >= 11 is 0. The zero-order chi connectivity index (χ0) is 23.2. The predicted molar refractivity (Wildman–Crippen MR) is 118 cm³/mol. The number of nitrogens with one attached hydrogen (secondary N) is 2. The van der Waals surface area contributed by atoms with Crippen LogP contribution in [-0.2, 0) is 26.0 Å². The highest BCUT2D eigenvalue weighted by atomic mass is 32.2. The van der Waals surface area contributed by atoms with Crippen molar-refractivity contribution in [1.82, 2.24) is 20.4 Å². The maximum atomic E-state index is 12.2. The molecule has 1 aromatic carbocycles. The summed E-state index contributed by atoms with van der Waals surface area (Å²) in [6.07, 6.45) is 1.91. The number of nitrogens with zero attached hydrogens (tertiary/aromatic N) is 2. The van der Waals surface area contributed by atoms with E-state index in [1.54, 1.807) is 16.8 Å². The SMILES string of the molecule is CC[C@H](C)NC(=O)CCNC(=O)CCc1c(C)nn(-c2ccc(S(N)(=O)=O)cc2)c1C. The molecule has 4 N–H and O–H groups in total. The van der Waals surface area contributed by atoms with Crippen LogP contribution in [0.15, 0.2) is 29.2 Å². The summed E-state index contributed by atoms with van der Waals surface area (Å²) in [5.74, 6) is -0.198. The fraction of sp³-hybridized carbons (Fsp3) is 0.476. The molecule has 1 aromatic heterocycles. The van der Waals surface area contributed by atoms with Gasteiger partial charge < -0.3 is 10.6 Å². The summed E-state index contributed by atoms with van der Waals surface area (Å²) in [5, 5.41) is 15.3. The van der Waals surface area contributed by atoms with Gasteiger partial charge in [-0.1, -0.05) is 6.92 Å². The lowest BCUT2D eigenvalue weighted by atomic mass is 10.1. The van der Waals surface area contributed by atoms with E-state index in [-0.39, 0.29) is 35.6 Å². The van der Waals surface area contributed by atoms with E-state index in [1.807, 2.05) is 27.7 Å². The second kappa shape index (κ2) is 10.5. The third-order valence-electron chi connectivity index (χ3n) is 5.15. The molecule has 10 heteroatoms. The topological polar surface area (TPSA) is 136 Å². The summed E-state index contributed by atoms with van der Waals surface area (Å²) in [7, 11) is -3.75. The molecule has 0 aliphatic heterocycles. The summed E-state index contributed by atoms with van der Waals surface area (Å²) in [6.45, 7) is 8.01. The molecule has 2 amide bonds. The van der Waals surface area contributed by atoms with Crippen LogP contribution in [0.4, 0.5) is 0 Å². The zero-order valence-electron chi connectivity index (χ0n) is 18.4. The number of hydrogen-bond acceptors (Lipinski definition) is 5. The van der Waals surface area contributed by atoms with Gasteiger partial charge in [-0.05, 0) is 63.4 Å². The van der Waals surface area contributed by atoms with E-state index >= 15 is 0 Å². The number of amides is 2. The van der Waals surface area contributed by atoms with Gasteiger partial charge in [-0.15, -0.1) is 0 Å². The van der Waals surface area contributed by atoms with E-state index in [4.69, 9.17) is 5.14 Å². The average Bonchev–Trinajstić information content (AvgIpc) is 2.99. The largest absolute Gasteiger partial charge is 0.356 e. The number of benzene rings is 1. The van der Waals surface area contributed by atoms with Crippen LogP contribution in [0.2, 0.25) is 0 Å². The van der Waals surface area contributed by atoms with Crippen LogP contribution >= 0.6 is 0 Å².